The minimum atomic E-state index is -0.816. The van der Waals surface area contributed by atoms with Crippen molar-refractivity contribution in [1.82, 2.24) is 0 Å². The van der Waals surface area contributed by atoms with Crippen molar-refractivity contribution >= 4 is 11.9 Å². The van der Waals surface area contributed by atoms with Gasteiger partial charge in [0.15, 0.2) is 0 Å². The number of ether oxygens (including phenoxy) is 2. The summed E-state index contributed by atoms with van der Waals surface area (Å²) in [6.07, 6.45) is 3.57. The van der Waals surface area contributed by atoms with E-state index >= 15 is 0 Å². The van der Waals surface area contributed by atoms with E-state index in [1.165, 1.54) is 6.92 Å². The zero-order valence-corrected chi connectivity index (χ0v) is 13.1. The number of hydrogen-bond acceptors (Lipinski definition) is 4. The summed E-state index contributed by atoms with van der Waals surface area (Å²) in [4.78, 5) is 24.1. The van der Waals surface area contributed by atoms with Crippen LogP contribution in [0.5, 0.6) is 0 Å². The normalized spacial score (nSPS) is 45.6. The van der Waals surface area contributed by atoms with E-state index in [2.05, 4.69) is 20.4 Å². The summed E-state index contributed by atoms with van der Waals surface area (Å²) in [7, 11) is 0. The molecule has 3 rings (SSSR count). The monoisotopic (exact) mass is 292 g/mol. The fraction of sp³-hybridized carbons (Fsp3) is 0.765. The molecule has 0 bridgehead atoms. The lowest BCUT2D eigenvalue weighted by Gasteiger charge is -2.42. The second kappa shape index (κ2) is 4.59. The van der Waals surface area contributed by atoms with Crippen LogP contribution in [0.3, 0.4) is 0 Å². The smallest absolute Gasteiger partial charge is 0.320 e. The molecule has 5 atom stereocenters. The highest BCUT2D eigenvalue weighted by atomic mass is 16.6. The lowest BCUT2D eigenvalue weighted by molar-refractivity contribution is -0.162. The fourth-order valence-electron chi connectivity index (χ4n) is 4.95. The Balaban J connectivity index is 2.09. The van der Waals surface area contributed by atoms with Gasteiger partial charge in [0, 0.05) is 12.8 Å². The maximum absolute atomic E-state index is 12.5. The molecule has 3 aliphatic rings. The standard InChI is InChI=1S/C17H24O4/c1-10-6-5-7-13-14(21-12(3)18)17(9-16(10,13)4)11(2)8-20-15(17)19/h10,13-14H,2,5-9H2,1,3-4H3/t10-,13+,14?,16+,17+/m1/s1. The van der Waals surface area contributed by atoms with E-state index in [1.807, 2.05) is 0 Å². The van der Waals surface area contributed by atoms with Gasteiger partial charge in [-0.2, -0.15) is 0 Å². The Morgan fingerprint density at radius 1 is 1.43 bits per heavy atom. The maximum Gasteiger partial charge on any atom is 0.320 e. The third-order valence-corrected chi connectivity index (χ3v) is 6.30. The summed E-state index contributed by atoms with van der Waals surface area (Å²) < 4.78 is 10.9. The third kappa shape index (κ3) is 1.80. The molecule has 3 fully saturated rings. The Hall–Kier alpha value is -1.32. The Bertz CT molecular complexity index is 493. The Kier molecular flexibility index (Phi) is 3.19. The number of fused-ring (bicyclic) bond motifs is 1. The molecule has 116 valence electrons. The first-order valence-corrected chi connectivity index (χ1v) is 7.85. The Morgan fingerprint density at radius 2 is 2.14 bits per heavy atom. The molecule has 2 aliphatic carbocycles. The van der Waals surface area contributed by atoms with Crippen LogP contribution in [-0.4, -0.2) is 24.6 Å². The molecular weight excluding hydrogens is 268 g/mol. The lowest BCUT2D eigenvalue weighted by Crippen LogP contribution is -2.43. The van der Waals surface area contributed by atoms with Gasteiger partial charge >= 0.3 is 11.9 Å². The molecule has 4 heteroatoms. The first kappa shape index (κ1) is 14.6. The van der Waals surface area contributed by atoms with Gasteiger partial charge in [-0.15, -0.1) is 0 Å². The summed E-state index contributed by atoms with van der Waals surface area (Å²) in [5, 5.41) is 0. The maximum atomic E-state index is 12.5. The van der Waals surface area contributed by atoms with E-state index in [4.69, 9.17) is 9.47 Å². The highest BCUT2D eigenvalue weighted by molar-refractivity contribution is 5.85. The summed E-state index contributed by atoms with van der Waals surface area (Å²) in [6, 6.07) is 0. The summed E-state index contributed by atoms with van der Waals surface area (Å²) >= 11 is 0. The largest absolute Gasteiger partial charge is 0.461 e. The van der Waals surface area contributed by atoms with Crippen molar-refractivity contribution < 1.29 is 19.1 Å². The average Bonchev–Trinajstić information content (AvgIpc) is 2.83. The van der Waals surface area contributed by atoms with Gasteiger partial charge in [-0.25, -0.2) is 0 Å². The molecule has 0 N–H and O–H groups in total. The number of carbonyl (C=O) groups excluding carboxylic acids is 2. The zero-order valence-electron chi connectivity index (χ0n) is 13.1. The quantitative estimate of drug-likeness (QED) is 0.551. The molecule has 21 heavy (non-hydrogen) atoms. The summed E-state index contributed by atoms with van der Waals surface area (Å²) in [6.45, 7) is 10.2. The second-order valence-corrected chi connectivity index (χ2v) is 7.30. The van der Waals surface area contributed by atoms with Crippen LogP contribution in [0.4, 0.5) is 0 Å². The van der Waals surface area contributed by atoms with Crippen LogP contribution in [0.2, 0.25) is 0 Å². The van der Waals surface area contributed by atoms with Crippen LogP contribution >= 0.6 is 0 Å². The van der Waals surface area contributed by atoms with E-state index in [1.54, 1.807) is 0 Å². The van der Waals surface area contributed by atoms with Crippen LogP contribution < -0.4 is 0 Å². The Morgan fingerprint density at radius 3 is 2.71 bits per heavy atom. The number of rotatable bonds is 1. The minimum Gasteiger partial charge on any atom is -0.461 e. The SMILES string of the molecule is C=C1COC(=O)[C@@]12C[C@@]1(C)[C@H](C)CCC[C@H]1C2OC(C)=O. The van der Waals surface area contributed by atoms with E-state index in [0.29, 0.717) is 12.3 Å². The van der Waals surface area contributed by atoms with Crippen molar-refractivity contribution in [2.45, 2.75) is 52.6 Å². The molecule has 0 aromatic heterocycles. The predicted octanol–water partition coefficient (Wildman–Crippen LogP) is 2.86. The van der Waals surface area contributed by atoms with Gasteiger partial charge in [0.25, 0.3) is 0 Å². The molecule has 0 aromatic carbocycles. The molecule has 2 saturated carbocycles. The molecule has 0 radical (unpaired) electrons. The van der Waals surface area contributed by atoms with Gasteiger partial charge in [-0.05, 0) is 29.7 Å². The molecule has 0 amide bonds. The molecular formula is C17H24O4. The van der Waals surface area contributed by atoms with Crippen molar-refractivity contribution in [3.05, 3.63) is 12.2 Å². The fourth-order valence-corrected chi connectivity index (χ4v) is 4.95. The summed E-state index contributed by atoms with van der Waals surface area (Å²) in [5.74, 6) is 0.151. The van der Waals surface area contributed by atoms with Crippen molar-refractivity contribution in [2.75, 3.05) is 6.61 Å². The number of esters is 2. The van der Waals surface area contributed by atoms with Crippen LogP contribution in [0.15, 0.2) is 12.2 Å². The van der Waals surface area contributed by atoms with Crippen molar-refractivity contribution in [3.63, 3.8) is 0 Å². The molecule has 1 spiro atoms. The van der Waals surface area contributed by atoms with Crippen molar-refractivity contribution in [1.29, 1.82) is 0 Å². The van der Waals surface area contributed by atoms with E-state index in [0.717, 1.165) is 24.8 Å². The predicted molar refractivity (Wildman–Crippen MR) is 77.3 cm³/mol. The van der Waals surface area contributed by atoms with Crippen molar-refractivity contribution in [3.8, 4) is 0 Å². The zero-order chi connectivity index (χ0) is 15.4. The topological polar surface area (TPSA) is 52.6 Å². The highest BCUT2D eigenvalue weighted by Gasteiger charge is 2.69. The van der Waals surface area contributed by atoms with Crippen LogP contribution in [0.1, 0.15) is 46.5 Å². The first-order valence-electron chi connectivity index (χ1n) is 7.85. The number of hydrogen-bond donors (Lipinski definition) is 0. The van der Waals surface area contributed by atoms with Gasteiger partial charge in [0.1, 0.15) is 18.1 Å². The molecule has 1 aliphatic heterocycles. The van der Waals surface area contributed by atoms with Crippen molar-refractivity contribution in [2.24, 2.45) is 22.7 Å². The molecule has 0 aromatic rings. The van der Waals surface area contributed by atoms with E-state index in [9.17, 15) is 9.59 Å². The van der Waals surface area contributed by atoms with Crippen LogP contribution in [0.25, 0.3) is 0 Å². The molecule has 4 nitrogen and oxygen atoms in total. The summed E-state index contributed by atoms with van der Waals surface area (Å²) in [5.41, 5.74) is -0.0319. The third-order valence-electron chi connectivity index (χ3n) is 6.30. The van der Waals surface area contributed by atoms with Gasteiger partial charge in [0.05, 0.1) is 0 Å². The average molecular weight is 292 g/mol. The lowest BCUT2D eigenvalue weighted by atomic mass is 9.63. The highest BCUT2D eigenvalue weighted by Crippen LogP contribution is 2.65. The number of cyclic esters (lactones) is 1. The first-order chi connectivity index (χ1) is 9.82. The van der Waals surface area contributed by atoms with Gasteiger partial charge in [-0.3, -0.25) is 9.59 Å². The molecule has 1 unspecified atom stereocenters. The minimum absolute atomic E-state index is 0.00463. The van der Waals surface area contributed by atoms with Gasteiger partial charge in [0.2, 0.25) is 0 Å². The molecule has 1 heterocycles. The van der Waals surface area contributed by atoms with Gasteiger partial charge in [-0.1, -0.05) is 33.3 Å². The second-order valence-electron chi connectivity index (χ2n) is 7.30. The number of carbonyl (C=O) groups is 2. The molecule has 1 saturated heterocycles. The Labute approximate surface area is 125 Å². The van der Waals surface area contributed by atoms with Crippen LogP contribution in [0, 0.1) is 22.7 Å². The van der Waals surface area contributed by atoms with Crippen LogP contribution in [-0.2, 0) is 19.1 Å². The van der Waals surface area contributed by atoms with Gasteiger partial charge < -0.3 is 9.47 Å². The van der Waals surface area contributed by atoms with E-state index in [-0.39, 0.29) is 29.9 Å². The van der Waals surface area contributed by atoms with E-state index < -0.39 is 11.5 Å².